The lowest BCUT2D eigenvalue weighted by Gasteiger charge is -2.05. The number of rotatable bonds is 2. The minimum absolute atomic E-state index is 0.208. The van der Waals surface area contributed by atoms with Crippen molar-refractivity contribution in [1.82, 2.24) is 0 Å². The SMILES string of the molecule is CC.O=[N+]([O-])c1ccc(C2CC2)c2ccccc12. The van der Waals surface area contributed by atoms with E-state index in [0.29, 0.717) is 5.92 Å². The summed E-state index contributed by atoms with van der Waals surface area (Å²) in [4.78, 5) is 10.6. The van der Waals surface area contributed by atoms with Crippen LogP contribution in [0.25, 0.3) is 10.8 Å². The number of hydrogen-bond donors (Lipinski definition) is 0. The van der Waals surface area contributed by atoms with Crippen molar-refractivity contribution < 1.29 is 4.92 Å². The highest BCUT2D eigenvalue weighted by molar-refractivity contribution is 5.93. The molecule has 3 rings (SSSR count). The molecule has 0 unspecified atom stereocenters. The van der Waals surface area contributed by atoms with Crippen LogP contribution in [0.1, 0.15) is 38.2 Å². The zero-order chi connectivity index (χ0) is 13.1. The van der Waals surface area contributed by atoms with Gasteiger partial charge in [-0.15, -0.1) is 0 Å². The second-order valence-corrected chi connectivity index (χ2v) is 4.25. The van der Waals surface area contributed by atoms with Gasteiger partial charge in [0.1, 0.15) is 0 Å². The lowest BCUT2D eigenvalue weighted by atomic mass is 10.00. The van der Waals surface area contributed by atoms with Crippen molar-refractivity contribution in [2.24, 2.45) is 0 Å². The topological polar surface area (TPSA) is 43.1 Å². The Bertz CT molecular complexity index is 574. The maximum absolute atomic E-state index is 10.9. The quantitative estimate of drug-likeness (QED) is 0.569. The summed E-state index contributed by atoms with van der Waals surface area (Å²) < 4.78 is 0. The number of non-ortho nitro benzene ring substituents is 1. The van der Waals surface area contributed by atoms with Crippen LogP contribution in [-0.4, -0.2) is 4.92 Å². The molecule has 0 aliphatic heterocycles. The molecule has 2 aromatic carbocycles. The second-order valence-electron chi connectivity index (χ2n) is 4.25. The molecule has 0 bridgehead atoms. The Morgan fingerprint density at radius 3 is 2.22 bits per heavy atom. The molecule has 94 valence electrons. The summed E-state index contributed by atoms with van der Waals surface area (Å²) >= 11 is 0. The van der Waals surface area contributed by atoms with Gasteiger partial charge in [-0.25, -0.2) is 0 Å². The molecule has 0 aromatic heterocycles. The van der Waals surface area contributed by atoms with E-state index in [1.54, 1.807) is 6.07 Å². The molecule has 1 aliphatic carbocycles. The molecule has 1 aliphatic rings. The van der Waals surface area contributed by atoms with Gasteiger partial charge in [0.2, 0.25) is 0 Å². The van der Waals surface area contributed by atoms with Crippen LogP contribution in [0.4, 0.5) is 5.69 Å². The van der Waals surface area contributed by atoms with Gasteiger partial charge in [-0.05, 0) is 35.8 Å². The zero-order valence-corrected chi connectivity index (χ0v) is 10.7. The Labute approximate surface area is 107 Å². The molecule has 0 N–H and O–H groups in total. The molecule has 0 amide bonds. The van der Waals surface area contributed by atoms with Crippen LogP contribution >= 0.6 is 0 Å². The van der Waals surface area contributed by atoms with Gasteiger partial charge in [-0.2, -0.15) is 0 Å². The first-order chi connectivity index (χ1) is 8.77. The molecule has 3 nitrogen and oxygen atoms in total. The third-order valence-corrected chi connectivity index (χ3v) is 3.15. The summed E-state index contributed by atoms with van der Waals surface area (Å²) in [6.07, 6.45) is 2.42. The Kier molecular flexibility index (Phi) is 3.60. The lowest BCUT2D eigenvalue weighted by molar-refractivity contribution is -0.383. The van der Waals surface area contributed by atoms with Gasteiger partial charge in [0, 0.05) is 6.07 Å². The van der Waals surface area contributed by atoms with Crippen LogP contribution in [0.3, 0.4) is 0 Å². The molecule has 1 saturated carbocycles. The van der Waals surface area contributed by atoms with E-state index in [-0.39, 0.29) is 10.6 Å². The molecule has 3 heteroatoms. The van der Waals surface area contributed by atoms with Crippen molar-refractivity contribution >= 4 is 16.5 Å². The Hall–Kier alpha value is -1.90. The third kappa shape index (κ3) is 2.21. The molecule has 0 atom stereocenters. The predicted molar refractivity (Wildman–Crippen MR) is 73.9 cm³/mol. The monoisotopic (exact) mass is 243 g/mol. The predicted octanol–water partition coefficient (Wildman–Crippen LogP) is 4.65. The molecule has 2 aromatic rings. The maximum Gasteiger partial charge on any atom is 0.277 e. The average Bonchev–Trinajstić information content (AvgIpc) is 3.24. The first kappa shape index (κ1) is 12.6. The number of fused-ring (bicyclic) bond motifs is 1. The first-order valence-corrected chi connectivity index (χ1v) is 6.43. The van der Waals surface area contributed by atoms with Crippen LogP contribution in [0.15, 0.2) is 36.4 Å². The van der Waals surface area contributed by atoms with Gasteiger partial charge in [-0.1, -0.05) is 38.1 Å². The molecule has 1 fully saturated rings. The summed E-state index contributed by atoms with van der Waals surface area (Å²) in [6, 6.07) is 11.2. The fraction of sp³-hybridized carbons (Fsp3) is 0.333. The Morgan fingerprint density at radius 2 is 1.67 bits per heavy atom. The van der Waals surface area contributed by atoms with Crippen molar-refractivity contribution in [2.75, 3.05) is 0 Å². The Morgan fingerprint density at radius 1 is 1.06 bits per heavy atom. The van der Waals surface area contributed by atoms with Crippen molar-refractivity contribution in [3.8, 4) is 0 Å². The highest BCUT2D eigenvalue weighted by Crippen LogP contribution is 2.44. The van der Waals surface area contributed by atoms with E-state index in [9.17, 15) is 10.1 Å². The fourth-order valence-electron chi connectivity index (χ4n) is 2.22. The van der Waals surface area contributed by atoms with E-state index >= 15 is 0 Å². The van der Waals surface area contributed by atoms with Gasteiger partial charge in [0.05, 0.1) is 10.3 Å². The lowest BCUT2D eigenvalue weighted by Crippen LogP contribution is -1.91. The molecule has 0 spiro atoms. The summed E-state index contributed by atoms with van der Waals surface area (Å²) in [5.74, 6) is 0.616. The highest BCUT2D eigenvalue weighted by Gasteiger charge is 2.26. The number of nitro groups is 1. The van der Waals surface area contributed by atoms with E-state index < -0.39 is 0 Å². The van der Waals surface area contributed by atoms with E-state index in [4.69, 9.17) is 0 Å². The van der Waals surface area contributed by atoms with Crippen molar-refractivity contribution in [2.45, 2.75) is 32.6 Å². The van der Waals surface area contributed by atoms with Gasteiger partial charge in [0.15, 0.2) is 0 Å². The van der Waals surface area contributed by atoms with Crippen LogP contribution in [-0.2, 0) is 0 Å². The molecule has 0 saturated heterocycles. The molecular formula is C15H17NO2. The van der Waals surface area contributed by atoms with E-state index in [1.165, 1.54) is 18.4 Å². The molecule has 0 radical (unpaired) electrons. The van der Waals surface area contributed by atoms with Gasteiger partial charge in [-0.3, -0.25) is 10.1 Å². The van der Waals surface area contributed by atoms with Gasteiger partial charge in [0.25, 0.3) is 5.69 Å². The summed E-state index contributed by atoms with van der Waals surface area (Å²) in [5, 5.41) is 12.7. The number of nitrogens with zero attached hydrogens (tertiary/aromatic N) is 1. The van der Waals surface area contributed by atoms with E-state index in [2.05, 4.69) is 0 Å². The van der Waals surface area contributed by atoms with Crippen molar-refractivity contribution in [3.63, 3.8) is 0 Å². The summed E-state index contributed by atoms with van der Waals surface area (Å²) in [6.45, 7) is 4.00. The molecule has 18 heavy (non-hydrogen) atoms. The largest absolute Gasteiger partial charge is 0.277 e. The first-order valence-electron chi connectivity index (χ1n) is 6.43. The Balaban J connectivity index is 0.000000574. The maximum atomic E-state index is 10.9. The second kappa shape index (κ2) is 5.17. The van der Waals surface area contributed by atoms with Crippen molar-refractivity contribution in [1.29, 1.82) is 0 Å². The minimum atomic E-state index is -0.307. The summed E-state index contributed by atoms with van der Waals surface area (Å²) in [5.41, 5.74) is 1.47. The molecule has 0 heterocycles. The van der Waals surface area contributed by atoms with Crippen LogP contribution < -0.4 is 0 Å². The average molecular weight is 243 g/mol. The van der Waals surface area contributed by atoms with Crippen LogP contribution in [0.2, 0.25) is 0 Å². The van der Waals surface area contributed by atoms with Gasteiger partial charge < -0.3 is 0 Å². The summed E-state index contributed by atoms with van der Waals surface area (Å²) in [7, 11) is 0. The standard InChI is InChI=1S/C13H11NO2.C2H6/c15-14(16)13-8-7-10(9-5-6-9)11-3-1-2-4-12(11)13;1-2/h1-4,7-9H,5-6H2;1-2H3. The molecular weight excluding hydrogens is 226 g/mol. The number of benzene rings is 2. The normalized spacial score (nSPS) is 13.9. The minimum Gasteiger partial charge on any atom is -0.258 e. The smallest absolute Gasteiger partial charge is 0.258 e. The third-order valence-electron chi connectivity index (χ3n) is 3.15. The zero-order valence-electron chi connectivity index (χ0n) is 10.7. The van der Waals surface area contributed by atoms with Crippen molar-refractivity contribution in [3.05, 3.63) is 52.1 Å². The number of hydrogen-bond acceptors (Lipinski definition) is 2. The fourth-order valence-corrected chi connectivity index (χ4v) is 2.22. The van der Waals surface area contributed by atoms with Crippen LogP contribution in [0.5, 0.6) is 0 Å². The van der Waals surface area contributed by atoms with Crippen LogP contribution in [0, 0.1) is 10.1 Å². The van der Waals surface area contributed by atoms with Gasteiger partial charge >= 0.3 is 0 Å². The van der Waals surface area contributed by atoms with E-state index in [1.807, 2.05) is 44.2 Å². The van der Waals surface area contributed by atoms with E-state index in [0.717, 1.165) is 10.8 Å². The highest BCUT2D eigenvalue weighted by atomic mass is 16.6. The number of nitro benzene ring substituents is 1.